The molecule has 1 N–H and O–H groups in total. The van der Waals surface area contributed by atoms with E-state index in [1.165, 1.54) is 0 Å². The molecule has 0 aliphatic rings. The highest BCUT2D eigenvalue weighted by Gasteiger charge is 2.04. The second-order valence-corrected chi connectivity index (χ2v) is 4.89. The third-order valence-electron chi connectivity index (χ3n) is 2.59. The maximum Gasteiger partial charge on any atom is 0.267 e. The van der Waals surface area contributed by atoms with E-state index in [4.69, 9.17) is 0 Å². The van der Waals surface area contributed by atoms with Crippen LogP contribution in [0.15, 0.2) is 15.6 Å². The van der Waals surface area contributed by atoms with Crippen LogP contribution >= 0.6 is 15.9 Å². The van der Waals surface area contributed by atoms with E-state index in [-0.39, 0.29) is 5.56 Å². The molecule has 5 heteroatoms. The number of halogens is 1. The number of aromatic nitrogens is 2. The third kappa shape index (κ3) is 4.60. The van der Waals surface area contributed by atoms with Gasteiger partial charge in [-0.05, 0) is 55.2 Å². The molecule has 0 aliphatic heterocycles. The molecule has 1 aromatic rings. The Balaban J connectivity index is 2.37. The summed E-state index contributed by atoms with van der Waals surface area (Å²) in [5, 5.41) is 3.34. The number of hydrogen-bond acceptors (Lipinski definition) is 3. The minimum absolute atomic E-state index is 0.0130. The highest BCUT2D eigenvalue weighted by Crippen LogP contribution is 2.06. The quantitative estimate of drug-likeness (QED) is 0.785. The summed E-state index contributed by atoms with van der Waals surface area (Å²) >= 11 is 3.26. The van der Waals surface area contributed by atoms with Crippen LogP contribution < -0.4 is 10.9 Å². The molecular formula is C12H20BrN3O. The van der Waals surface area contributed by atoms with Crippen molar-refractivity contribution in [3.63, 3.8) is 0 Å². The first-order chi connectivity index (χ1) is 8.16. The van der Waals surface area contributed by atoms with E-state index in [1.54, 1.807) is 10.9 Å². The number of unbranched alkanes of at least 4 members (excludes halogenated alkanes) is 1. The van der Waals surface area contributed by atoms with Crippen molar-refractivity contribution in [3.8, 4) is 0 Å². The van der Waals surface area contributed by atoms with E-state index in [0.29, 0.717) is 4.47 Å². The molecule has 0 saturated carbocycles. The normalized spacial score (nSPS) is 10.8. The fourth-order valence-electron chi connectivity index (χ4n) is 1.54. The molecule has 0 amide bonds. The van der Waals surface area contributed by atoms with Crippen molar-refractivity contribution in [2.45, 2.75) is 39.7 Å². The molecule has 0 unspecified atom stereocenters. The topological polar surface area (TPSA) is 46.9 Å². The largest absolute Gasteiger partial charge is 0.317 e. The molecule has 1 aromatic heterocycles. The van der Waals surface area contributed by atoms with Gasteiger partial charge in [0, 0.05) is 6.54 Å². The molecule has 0 fully saturated rings. The standard InChI is InChI=1S/C12H20BrN3O/c1-3-6-14-7-4-5-8-16-9-15-10(2)11(13)12(16)17/h9,14H,3-8H2,1-2H3. The zero-order chi connectivity index (χ0) is 12.7. The molecule has 1 heterocycles. The first-order valence-corrected chi connectivity index (χ1v) is 6.88. The minimum atomic E-state index is 0.0130. The lowest BCUT2D eigenvalue weighted by molar-refractivity contribution is 0.551. The van der Waals surface area contributed by atoms with Gasteiger partial charge in [-0.2, -0.15) is 0 Å². The average Bonchev–Trinajstić information content (AvgIpc) is 2.33. The number of nitrogens with one attached hydrogen (secondary N) is 1. The Bertz CT molecular complexity index is 403. The van der Waals surface area contributed by atoms with E-state index in [2.05, 4.69) is 33.2 Å². The highest BCUT2D eigenvalue weighted by molar-refractivity contribution is 9.10. The van der Waals surface area contributed by atoms with Crippen molar-refractivity contribution in [2.75, 3.05) is 13.1 Å². The fraction of sp³-hybridized carbons (Fsp3) is 0.667. The number of aryl methyl sites for hydroxylation is 2. The molecule has 1 rings (SSSR count). The van der Waals surface area contributed by atoms with Crippen LogP contribution in [0.1, 0.15) is 31.9 Å². The average molecular weight is 302 g/mol. The van der Waals surface area contributed by atoms with Gasteiger partial charge in [0.25, 0.3) is 5.56 Å². The van der Waals surface area contributed by atoms with Crippen molar-refractivity contribution < 1.29 is 0 Å². The maximum absolute atomic E-state index is 11.8. The molecule has 0 aliphatic carbocycles. The van der Waals surface area contributed by atoms with Crippen LogP contribution in [-0.2, 0) is 6.54 Å². The first kappa shape index (κ1) is 14.4. The second kappa shape index (κ2) is 7.61. The molecule has 0 saturated heterocycles. The predicted molar refractivity (Wildman–Crippen MR) is 73.3 cm³/mol. The van der Waals surface area contributed by atoms with Gasteiger partial charge in [-0.1, -0.05) is 6.92 Å². The lowest BCUT2D eigenvalue weighted by Crippen LogP contribution is -2.23. The number of rotatable bonds is 7. The van der Waals surface area contributed by atoms with E-state index >= 15 is 0 Å². The van der Waals surface area contributed by atoms with Gasteiger partial charge in [-0.15, -0.1) is 0 Å². The Morgan fingerprint density at radius 1 is 1.41 bits per heavy atom. The predicted octanol–water partition coefficient (Wildman–Crippen LogP) is 2.09. The van der Waals surface area contributed by atoms with E-state index in [1.807, 2.05) is 6.92 Å². The van der Waals surface area contributed by atoms with Gasteiger partial charge in [-0.3, -0.25) is 9.36 Å². The third-order valence-corrected chi connectivity index (χ3v) is 3.50. The Labute approximate surface area is 111 Å². The summed E-state index contributed by atoms with van der Waals surface area (Å²) in [5.74, 6) is 0. The van der Waals surface area contributed by atoms with Gasteiger partial charge in [0.05, 0.1) is 12.0 Å². The van der Waals surface area contributed by atoms with E-state index < -0.39 is 0 Å². The second-order valence-electron chi connectivity index (χ2n) is 4.10. The van der Waals surface area contributed by atoms with Gasteiger partial charge in [0.2, 0.25) is 0 Å². The summed E-state index contributed by atoms with van der Waals surface area (Å²) in [6.07, 6.45) is 4.86. The van der Waals surface area contributed by atoms with Crippen LogP contribution in [0.3, 0.4) is 0 Å². The maximum atomic E-state index is 11.8. The molecule has 17 heavy (non-hydrogen) atoms. The summed E-state index contributed by atoms with van der Waals surface area (Å²) in [6, 6.07) is 0. The van der Waals surface area contributed by atoms with E-state index in [0.717, 1.165) is 44.6 Å². The van der Waals surface area contributed by atoms with Gasteiger partial charge < -0.3 is 5.32 Å². The van der Waals surface area contributed by atoms with Crippen molar-refractivity contribution in [3.05, 3.63) is 26.8 Å². The van der Waals surface area contributed by atoms with Gasteiger partial charge in [0.1, 0.15) is 4.47 Å². The monoisotopic (exact) mass is 301 g/mol. The zero-order valence-corrected chi connectivity index (χ0v) is 12.1. The minimum Gasteiger partial charge on any atom is -0.317 e. The molecule has 0 spiro atoms. The molecule has 4 nitrogen and oxygen atoms in total. The molecule has 0 radical (unpaired) electrons. The van der Waals surface area contributed by atoms with Crippen LogP contribution in [0.5, 0.6) is 0 Å². The van der Waals surface area contributed by atoms with Crippen LogP contribution in [0.2, 0.25) is 0 Å². The Morgan fingerprint density at radius 3 is 2.88 bits per heavy atom. The van der Waals surface area contributed by atoms with Crippen LogP contribution in [0.4, 0.5) is 0 Å². The Hall–Kier alpha value is -0.680. The van der Waals surface area contributed by atoms with Crippen LogP contribution in [0, 0.1) is 6.92 Å². The van der Waals surface area contributed by atoms with Crippen molar-refractivity contribution in [2.24, 2.45) is 0 Å². The van der Waals surface area contributed by atoms with Gasteiger partial charge >= 0.3 is 0 Å². The summed E-state index contributed by atoms with van der Waals surface area (Å²) in [7, 11) is 0. The molecule has 0 atom stereocenters. The van der Waals surface area contributed by atoms with Crippen molar-refractivity contribution >= 4 is 15.9 Å². The molecular weight excluding hydrogens is 282 g/mol. The van der Waals surface area contributed by atoms with Gasteiger partial charge in [-0.25, -0.2) is 4.98 Å². The lowest BCUT2D eigenvalue weighted by Gasteiger charge is -2.07. The molecule has 0 bridgehead atoms. The van der Waals surface area contributed by atoms with Crippen molar-refractivity contribution in [1.29, 1.82) is 0 Å². The fourth-order valence-corrected chi connectivity index (χ4v) is 1.87. The van der Waals surface area contributed by atoms with Crippen molar-refractivity contribution in [1.82, 2.24) is 14.9 Å². The zero-order valence-electron chi connectivity index (χ0n) is 10.5. The molecule has 96 valence electrons. The van der Waals surface area contributed by atoms with Gasteiger partial charge in [0.15, 0.2) is 0 Å². The Kier molecular flexibility index (Phi) is 6.44. The summed E-state index contributed by atoms with van der Waals surface area (Å²) < 4.78 is 2.24. The highest BCUT2D eigenvalue weighted by atomic mass is 79.9. The summed E-state index contributed by atoms with van der Waals surface area (Å²) in [4.78, 5) is 16.0. The Morgan fingerprint density at radius 2 is 2.18 bits per heavy atom. The summed E-state index contributed by atoms with van der Waals surface area (Å²) in [6.45, 7) is 6.80. The summed E-state index contributed by atoms with van der Waals surface area (Å²) in [5.41, 5.74) is 0.759. The lowest BCUT2D eigenvalue weighted by atomic mass is 10.3. The smallest absolute Gasteiger partial charge is 0.267 e. The SMILES string of the molecule is CCCNCCCCn1cnc(C)c(Br)c1=O. The van der Waals surface area contributed by atoms with E-state index in [9.17, 15) is 4.79 Å². The first-order valence-electron chi connectivity index (χ1n) is 6.09. The molecule has 0 aromatic carbocycles. The number of hydrogen-bond donors (Lipinski definition) is 1. The number of nitrogens with zero attached hydrogens (tertiary/aromatic N) is 2. The van der Waals surface area contributed by atoms with Crippen LogP contribution in [0.25, 0.3) is 0 Å². The van der Waals surface area contributed by atoms with Crippen LogP contribution in [-0.4, -0.2) is 22.6 Å².